The number of aryl methyl sites for hydroxylation is 4. The Labute approximate surface area is 157 Å². The molecule has 0 aromatic heterocycles. The maximum atomic E-state index is 7.15. The van der Waals surface area contributed by atoms with Crippen LogP contribution in [0.5, 0.6) is 0 Å². The second kappa shape index (κ2) is 6.73. The first kappa shape index (κ1) is 17.8. The Hall–Kier alpha value is -1.97. The molecule has 4 heteroatoms. The van der Waals surface area contributed by atoms with Gasteiger partial charge in [0.25, 0.3) is 0 Å². The molecule has 2 aromatic rings. The van der Waals surface area contributed by atoms with Crippen LogP contribution in [0.4, 0.5) is 11.4 Å². The maximum absolute atomic E-state index is 7.15. The fourth-order valence-electron chi connectivity index (χ4n) is 3.56. The third-order valence-corrected chi connectivity index (χ3v) is 7.55. The molecular formula is C21H24ClN2Si. The zero-order chi connectivity index (χ0) is 18.3. The number of anilines is 2. The van der Waals surface area contributed by atoms with Gasteiger partial charge >= 0.3 is 8.43 Å². The molecule has 0 unspecified atom stereocenters. The predicted molar refractivity (Wildman–Crippen MR) is 111 cm³/mol. The highest BCUT2D eigenvalue weighted by Gasteiger charge is 2.37. The second-order valence-electron chi connectivity index (χ2n) is 6.70. The summed E-state index contributed by atoms with van der Waals surface area (Å²) in [6, 6.07) is 12.8. The number of allylic oxidation sites excluding steroid dienone is 2. The van der Waals surface area contributed by atoms with Crippen LogP contribution in [0.3, 0.4) is 0 Å². The molecule has 1 aliphatic heterocycles. The molecule has 0 amide bonds. The van der Waals surface area contributed by atoms with Crippen molar-refractivity contribution in [2.75, 3.05) is 9.13 Å². The molecule has 25 heavy (non-hydrogen) atoms. The number of halogens is 1. The molecule has 1 aliphatic rings. The highest BCUT2D eigenvalue weighted by atomic mass is 35.6. The van der Waals surface area contributed by atoms with Crippen molar-refractivity contribution < 1.29 is 0 Å². The van der Waals surface area contributed by atoms with E-state index in [9.17, 15) is 0 Å². The summed E-state index contributed by atoms with van der Waals surface area (Å²) < 4.78 is 4.53. The van der Waals surface area contributed by atoms with Gasteiger partial charge in [0.15, 0.2) is 0 Å². The molecule has 0 N–H and O–H groups in total. The van der Waals surface area contributed by atoms with Gasteiger partial charge in [-0.3, -0.25) is 0 Å². The summed E-state index contributed by atoms with van der Waals surface area (Å²) in [6.07, 6.45) is 2.13. The van der Waals surface area contributed by atoms with Crippen LogP contribution in [0.2, 0.25) is 0 Å². The minimum absolute atomic E-state index is 0.960. The van der Waals surface area contributed by atoms with Gasteiger partial charge in [0, 0.05) is 22.8 Å². The molecule has 3 rings (SSSR count). The molecule has 0 fully saturated rings. The van der Waals surface area contributed by atoms with E-state index in [2.05, 4.69) is 92.8 Å². The van der Waals surface area contributed by atoms with Crippen LogP contribution in [0.25, 0.3) is 0 Å². The monoisotopic (exact) mass is 367 g/mol. The molecule has 2 aromatic carbocycles. The fourth-order valence-corrected chi connectivity index (χ4v) is 6.72. The van der Waals surface area contributed by atoms with Crippen molar-refractivity contribution in [2.24, 2.45) is 0 Å². The van der Waals surface area contributed by atoms with E-state index in [1.54, 1.807) is 0 Å². The van der Waals surface area contributed by atoms with E-state index in [1.165, 1.54) is 33.6 Å². The lowest BCUT2D eigenvalue weighted by molar-refractivity contribution is 1.10. The average molecular weight is 368 g/mol. The van der Waals surface area contributed by atoms with Gasteiger partial charge in [0.1, 0.15) is 0 Å². The van der Waals surface area contributed by atoms with Crippen LogP contribution in [0.1, 0.15) is 29.2 Å². The summed E-state index contributed by atoms with van der Waals surface area (Å²) in [4.78, 5) is 0. The van der Waals surface area contributed by atoms with Crippen LogP contribution < -0.4 is 9.13 Å². The summed E-state index contributed by atoms with van der Waals surface area (Å²) in [6.45, 7) is 15.0. The molecule has 2 nitrogen and oxygen atoms in total. The topological polar surface area (TPSA) is 6.48 Å². The normalized spacial score (nSPS) is 15.6. The first-order valence-corrected chi connectivity index (χ1v) is 10.9. The van der Waals surface area contributed by atoms with E-state index >= 15 is 0 Å². The summed E-state index contributed by atoms with van der Waals surface area (Å²) >= 11 is 7.15. The number of benzene rings is 2. The first-order chi connectivity index (χ1) is 11.8. The summed E-state index contributed by atoms with van der Waals surface area (Å²) in [7, 11) is -1.59. The summed E-state index contributed by atoms with van der Waals surface area (Å²) in [5, 5.41) is 0. The molecule has 129 valence electrons. The third-order valence-electron chi connectivity index (χ3n) is 4.71. The fraction of sp³-hybridized carbons (Fsp3) is 0.238. The van der Waals surface area contributed by atoms with Crippen molar-refractivity contribution in [3.63, 3.8) is 0 Å². The number of para-hydroxylation sites is 2. The van der Waals surface area contributed by atoms with E-state index in [0.29, 0.717) is 0 Å². The third kappa shape index (κ3) is 3.03. The molecule has 0 spiro atoms. The molecule has 0 saturated carbocycles. The van der Waals surface area contributed by atoms with Crippen LogP contribution in [0.15, 0.2) is 60.4 Å². The Balaban J connectivity index is 2.18. The number of hydrogen-bond donors (Lipinski definition) is 0. The van der Waals surface area contributed by atoms with Crippen molar-refractivity contribution in [1.82, 2.24) is 0 Å². The zero-order valence-corrected chi connectivity index (χ0v) is 17.3. The quantitative estimate of drug-likeness (QED) is 0.482. The van der Waals surface area contributed by atoms with E-state index in [0.717, 1.165) is 11.4 Å². The Bertz CT molecular complexity index is 832. The van der Waals surface area contributed by atoms with Crippen molar-refractivity contribution in [3.8, 4) is 0 Å². The highest BCUT2D eigenvalue weighted by Crippen LogP contribution is 2.38. The second-order valence-corrected chi connectivity index (χ2v) is 9.14. The number of nitrogens with zero attached hydrogens (tertiary/aromatic N) is 2. The minimum atomic E-state index is -1.59. The van der Waals surface area contributed by atoms with Crippen molar-refractivity contribution in [1.29, 1.82) is 0 Å². The van der Waals surface area contributed by atoms with Crippen LogP contribution in [-0.4, -0.2) is 8.43 Å². The highest BCUT2D eigenvalue weighted by molar-refractivity contribution is 7.11. The molecule has 0 aliphatic carbocycles. The van der Waals surface area contributed by atoms with E-state index < -0.39 is 8.43 Å². The number of rotatable bonds is 2. The maximum Gasteiger partial charge on any atom is 0.424 e. The lowest BCUT2D eigenvalue weighted by Crippen LogP contribution is -2.52. The van der Waals surface area contributed by atoms with Gasteiger partial charge in [-0.05, 0) is 62.9 Å². The average Bonchev–Trinajstić information content (AvgIpc) is 2.52. The van der Waals surface area contributed by atoms with Gasteiger partial charge in [-0.25, -0.2) is 0 Å². The molecule has 0 bridgehead atoms. The van der Waals surface area contributed by atoms with Crippen LogP contribution in [-0.2, 0) is 0 Å². The van der Waals surface area contributed by atoms with E-state index in [-0.39, 0.29) is 0 Å². The van der Waals surface area contributed by atoms with Gasteiger partial charge < -0.3 is 9.13 Å². The summed E-state index contributed by atoms with van der Waals surface area (Å²) in [5.74, 6) is 0. The Kier molecular flexibility index (Phi) is 4.81. The summed E-state index contributed by atoms with van der Waals surface area (Å²) in [5.41, 5.74) is 9.42. The van der Waals surface area contributed by atoms with Crippen LogP contribution in [0, 0.1) is 27.7 Å². The van der Waals surface area contributed by atoms with Crippen molar-refractivity contribution >= 4 is 30.9 Å². The lowest BCUT2D eigenvalue weighted by atomic mass is 10.1. The predicted octanol–water partition coefficient (Wildman–Crippen LogP) is 5.89. The lowest BCUT2D eigenvalue weighted by Gasteiger charge is -2.43. The van der Waals surface area contributed by atoms with Gasteiger partial charge in [0.05, 0.1) is 0 Å². The molecular weight excluding hydrogens is 344 g/mol. The molecule has 1 heterocycles. The van der Waals surface area contributed by atoms with Gasteiger partial charge in [-0.2, -0.15) is 0 Å². The Morgan fingerprint density at radius 3 is 1.60 bits per heavy atom. The zero-order valence-electron chi connectivity index (χ0n) is 15.5. The molecule has 1 radical (unpaired) electrons. The van der Waals surface area contributed by atoms with Crippen LogP contribution >= 0.6 is 11.1 Å². The van der Waals surface area contributed by atoms with Crippen molar-refractivity contribution in [2.45, 2.75) is 34.6 Å². The molecule has 0 saturated heterocycles. The largest absolute Gasteiger partial charge is 0.424 e. The minimum Gasteiger partial charge on any atom is -0.340 e. The van der Waals surface area contributed by atoms with E-state index in [4.69, 9.17) is 11.1 Å². The SMILES string of the molecule is C=C1C=C(C)N(c2c(C)cccc2C)[Si](Cl)N1c1c(C)cccc1C. The standard InChI is InChI=1S/C21H24ClN2Si/c1-14-9-7-10-15(2)20(14)23-18(5)13-19(6)24(25(23)22)21-16(3)11-8-12-17(21)4/h7-13H,5H2,1-4,6H3. The van der Waals surface area contributed by atoms with E-state index in [1.807, 2.05) is 0 Å². The van der Waals surface area contributed by atoms with Crippen molar-refractivity contribution in [3.05, 3.63) is 82.7 Å². The first-order valence-electron chi connectivity index (χ1n) is 8.45. The number of hydrogen-bond acceptors (Lipinski definition) is 2. The molecule has 0 atom stereocenters. The Morgan fingerprint density at radius 2 is 1.16 bits per heavy atom. The smallest absolute Gasteiger partial charge is 0.340 e. The van der Waals surface area contributed by atoms with Gasteiger partial charge in [-0.15, -0.1) is 11.1 Å². The van der Waals surface area contributed by atoms with Gasteiger partial charge in [-0.1, -0.05) is 43.0 Å². The Morgan fingerprint density at radius 1 is 0.760 bits per heavy atom. The van der Waals surface area contributed by atoms with Gasteiger partial charge in [0.2, 0.25) is 0 Å².